The number of aromatic nitrogens is 5. The van der Waals surface area contributed by atoms with Crippen molar-refractivity contribution in [2.24, 2.45) is 4.36 Å². The summed E-state index contributed by atoms with van der Waals surface area (Å²) in [6.07, 6.45) is 3.35. The molecule has 3 aromatic heterocycles. The van der Waals surface area contributed by atoms with Crippen molar-refractivity contribution in [1.82, 2.24) is 24.6 Å². The van der Waals surface area contributed by atoms with Crippen LogP contribution in [-0.2, 0) is 9.73 Å². The highest BCUT2D eigenvalue weighted by atomic mass is 32.2. The van der Waals surface area contributed by atoms with Crippen molar-refractivity contribution in [2.45, 2.75) is 6.43 Å². The summed E-state index contributed by atoms with van der Waals surface area (Å²) in [5.74, 6) is 0. The van der Waals surface area contributed by atoms with Gasteiger partial charge in [-0.15, -0.1) is 0 Å². The molecule has 4 rings (SSSR count). The van der Waals surface area contributed by atoms with Crippen molar-refractivity contribution in [1.29, 1.82) is 0 Å². The Morgan fingerprint density at radius 1 is 1.03 bits per heavy atom. The molecule has 0 spiro atoms. The summed E-state index contributed by atoms with van der Waals surface area (Å²) in [6.45, 7) is 0. The van der Waals surface area contributed by atoms with Gasteiger partial charge in [0.2, 0.25) is 0 Å². The van der Waals surface area contributed by atoms with E-state index in [1.807, 2.05) is 6.07 Å². The number of alkyl halides is 2. The van der Waals surface area contributed by atoms with E-state index < -0.39 is 16.2 Å². The molecule has 0 amide bonds. The third kappa shape index (κ3) is 4.11. The number of benzene rings is 1. The van der Waals surface area contributed by atoms with Crippen LogP contribution in [0.3, 0.4) is 0 Å². The fraction of sp³-hybridized carbons (Fsp3) is 0.158. The van der Waals surface area contributed by atoms with Gasteiger partial charge >= 0.3 is 0 Å². The monoisotopic (exact) mass is 414 g/mol. The second kappa shape index (κ2) is 7.28. The normalized spacial score (nSPS) is 11.9. The topological polar surface area (TPSA) is 85.4 Å². The quantitative estimate of drug-likeness (QED) is 0.501. The molecular formula is C19H16F2N6OS. The van der Waals surface area contributed by atoms with Crippen molar-refractivity contribution in [3.05, 3.63) is 60.7 Å². The SMILES string of the molecule is CS(C)(=O)=Nc1cccc(-c2cc(-c3cnc4ccc(C(F)F)nn34)ncn2)c1. The zero-order chi connectivity index (χ0) is 20.6. The van der Waals surface area contributed by atoms with Crippen LogP contribution in [-0.4, -0.2) is 41.3 Å². The lowest BCUT2D eigenvalue weighted by atomic mass is 10.1. The predicted octanol–water partition coefficient (Wildman–Crippen LogP) is 4.15. The number of fused-ring (bicyclic) bond motifs is 1. The van der Waals surface area contributed by atoms with Gasteiger partial charge in [-0.2, -0.15) is 9.46 Å². The molecule has 0 saturated heterocycles. The number of halogens is 2. The lowest BCUT2D eigenvalue weighted by Gasteiger charge is -2.06. The van der Waals surface area contributed by atoms with E-state index in [2.05, 4.69) is 24.4 Å². The second-order valence-corrected chi connectivity index (χ2v) is 9.13. The molecule has 29 heavy (non-hydrogen) atoms. The van der Waals surface area contributed by atoms with E-state index >= 15 is 0 Å². The average Bonchev–Trinajstić information content (AvgIpc) is 3.10. The Hall–Kier alpha value is -3.27. The first-order valence-corrected chi connectivity index (χ1v) is 10.9. The molecule has 10 heteroatoms. The lowest BCUT2D eigenvalue weighted by molar-refractivity contribution is 0.144. The summed E-state index contributed by atoms with van der Waals surface area (Å²) in [6, 6.07) is 11.6. The minimum absolute atomic E-state index is 0.344. The third-order valence-corrected chi connectivity index (χ3v) is 4.65. The molecule has 0 atom stereocenters. The van der Waals surface area contributed by atoms with E-state index in [0.29, 0.717) is 28.4 Å². The van der Waals surface area contributed by atoms with Crippen LogP contribution in [0.5, 0.6) is 0 Å². The zero-order valence-electron chi connectivity index (χ0n) is 15.5. The highest BCUT2D eigenvalue weighted by Gasteiger charge is 2.14. The Kier molecular flexibility index (Phi) is 4.79. The van der Waals surface area contributed by atoms with Crippen LogP contribution >= 0.6 is 0 Å². The van der Waals surface area contributed by atoms with Crippen LogP contribution in [0.4, 0.5) is 14.5 Å². The first kappa shape index (κ1) is 19.1. The summed E-state index contributed by atoms with van der Waals surface area (Å²) in [5.41, 5.74) is 2.99. The zero-order valence-corrected chi connectivity index (χ0v) is 16.3. The third-order valence-electron chi connectivity index (χ3n) is 4.00. The minimum Gasteiger partial charge on any atom is -0.250 e. The predicted molar refractivity (Wildman–Crippen MR) is 106 cm³/mol. The highest BCUT2D eigenvalue weighted by molar-refractivity contribution is 7.92. The van der Waals surface area contributed by atoms with Crippen LogP contribution < -0.4 is 0 Å². The van der Waals surface area contributed by atoms with Crippen LogP contribution in [0, 0.1) is 0 Å². The van der Waals surface area contributed by atoms with Crippen LogP contribution in [0.1, 0.15) is 12.1 Å². The Morgan fingerprint density at radius 2 is 1.83 bits per heavy atom. The maximum absolute atomic E-state index is 13.0. The summed E-state index contributed by atoms with van der Waals surface area (Å²) in [7, 11) is -2.29. The van der Waals surface area contributed by atoms with Gasteiger partial charge in [-0.1, -0.05) is 12.1 Å². The second-order valence-electron chi connectivity index (χ2n) is 6.58. The summed E-state index contributed by atoms with van der Waals surface area (Å²) in [4.78, 5) is 12.7. The first-order chi connectivity index (χ1) is 13.8. The van der Waals surface area contributed by atoms with E-state index in [1.165, 1.54) is 29.2 Å². The Morgan fingerprint density at radius 3 is 2.59 bits per heavy atom. The smallest absolute Gasteiger partial charge is 0.250 e. The van der Waals surface area contributed by atoms with Gasteiger partial charge in [0, 0.05) is 27.8 Å². The maximum atomic E-state index is 13.0. The van der Waals surface area contributed by atoms with Gasteiger partial charge in [-0.25, -0.2) is 32.5 Å². The molecule has 0 saturated carbocycles. The molecule has 1 aromatic carbocycles. The maximum Gasteiger partial charge on any atom is 0.282 e. The standard InChI is InChI=1S/C19H16F2N6OS/c1-29(2,28)26-13-5-3-4-12(8-13)15-9-16(24-11-23-15)17-10-22-18-7-6-14(19(20)21)25-27(17)18/h3-11,19H,1-2H3. The van der Waals surface area contributed by atoms with E-state index in [0.717, 1.165) is 5.56 Å². The van der Waals surface area contributed by atoms with Gasteiger partial charge in [0.1, 0.15) is 17.7 Å². The fourth-order valence-electron chi connectivity index (χ4n) is 2.81. The molecule has 7 nitrogen and oxygen atoms in total. The number of hydrogen-bond donors (Lipinski definition) is 0. The number of rotatable bonds is 4. The molecule has 3 heterocycles. The molecular weight excluding hydrogens is 398 g/mol. The molecule has 148 valence electrons. The molecule has 0 N–H and O–H groups in total. The molecule has 0 aliphatic heterocycles. The summed E-state index contributed by atoms with van der Waals surface area (Å²) >= 11 is 0. The molecule has 0 unspecified atom stereocenters. The Balaban J connectivity index is 1.79. The van der Waals surface area contributed by atoms with Crippen molar-refractivity contribution in [3.63, 3.8) is 0 Å². The average molecular weight is 414 g/mol. The van der Waals surface area contributed by atoms with Crippen molar-refractivity contribution in [3.8, 4) is 22.6 Å². The minimum atomic E-state index is -2.69. The van der Waals surface area contributed by atoms with Gasteiger partial charge in [0.15, 0.2) is 5.65 Å². The largest absolute Gasteiger partial charge is 0.282 e. The molecule has 0 aliphatic carbocycles. The summed E-state index contributed by atoms with van der Waals surface area (Å²) < 4.78 is 43.5. The fourth-order valence-corrected chi connectivity index (χ4v) is 3.43. The lowest BCUT2D eigenvalue weighted by Crippen LogP contribution is -2.01. The van der Waals surface area contributed by atoms with Crippen LogP contribution in [0.15, 0.2) is 59.4 Å². The van der Waals surface area contributed by atoms with E-state index in [9.17, 15) is 13.0 Å². The van der Waals surface area contributed by atoms with Gasteiger partial charge in [-0.3, -0.25) is 0 Å². The van der Waals surface area contributed by atoms with Gasteiger partial charge < -0.3 is 0 Å². The van der Waals surface area contributed by atoms with Gasteiger partial charge in [0.05, 0.1) is 23.3 Å². The molecule has 0 radical (unpaired) electrons. The molecule has 4 aromatic rings. The Labute approximate surface area is 165 Å². The number of imidazole rings is 1. The van der Waals surface area contributed by atoms with Gasteiger partial charge in [-0.05, 0) is 30.3 Å². The van der Waals surface area contributed by atoms with Crippen molar-refractivity contribution >= 4 is 21.1 Å². The Bertz CT molecular complexity index is 1320. The van der Waals surface area contributed by atoms with E-state index in [1.54, 1.807) is 36.8 Å². The van der Waals surface area contributed by atoms with E-state index in [-0.39, 0.29) is 5.69 Å². The molecule has 0 aliphatic rings. The first-order valence-electron chi connectivity index (χ1n) is 8.53. The van der Waals surface area contributed by atoms with Crippen molar-refractivity contribution in [2.75, 3.05) is 12.5 Å². The number of nitrogens with zero attached hydrogens (tertiary/aromatic N) is 6. The van der Waals surface area contributed by atoms with E-state index in [4.69, 9.17) is 0 Å². The highest BCUT2D eigenvalue weighted by Crippen LogP contribution is 2.27. The van der Waals surface area contributed by atoms with Crippen LogP contribution in [0.25, 0.3) is 28.3 Å². The summed E-state index contributed by atoms with van der Waals surface area (Å²) in [5, 5.41) is 3.96. The van der Waals surface area contributed by atoms with Crippen LogP contribution in [0.2, 0.25) is 0 Å². The van der Waals surface area contributed by atoms with Gasteiger partial charge in [0.25, 0.3) is 6.43 Å². The molecule has 0 fully saturated rings. The molecule has 0 bridgehead atoms. The van der Waals surface area contributed by atoms with Crippen molar-refractivity contribution < 1.29 is 13.0 Å². The number of hydrogen-bond acceptors (Lipinski definition) is 6.